The lowest BCUT2D eigenvalue weighted by atomic mass is 10.1. The van der Waals surface area contributed by atoms with Gasteiger partial charge in [-0.25, -0.2) is 4.98 Å². The first-order valence-electron chi connectivity index (χ1n) is 11.0. The molecule has 7 heteroatoms. The van der Waals surface area contributed by atoms with Crippen LogP contribution in [-0.4, -0.2) is 36.0 Å². The summed E-state index contributed by atoms with van der Waals surface area (Å²) >= 11 is 1.62. The summed E-state index contributed by atoms with van der Waals surface area (Å²) in [5, 5.41) is 6.13. The molecule has 1 aliphatic heterocycles. The number of benzene rings is 2. The third-order valence-corrected chi connectivity index (χ3v) is 6.82. The molecule has 0 atom stereocenters. The molecule has 32 heavy (non-hydrogen) atoms. The minimum atomic E-state index is -0.209. The second-order valence-corrected chi connectivity index (χ2v) is 9.23. The molecule has 2 aliphatic rings. The summed E-state index contributed by atoms with van der Waals surface area (Å²) < 4.78 is 5.62. The smallest absolute Gasteiger partial charge is 0.265 e. The summed E-state index contributed by atoms with van der Waals surface area (Å²) in [6.07, 6.45) is 5.10. The molecule has 0 radical (unpaired) electrons. The molecule has 0 spiro atoms. The second kappa shape index (κ2) is 9.12. The van der Waals surface area contributed by atoms with E-state index in [1.807, 2.05) is 41.8 Å². The van der Waals surface area contributed by atoms with E-state index in [2.05, 4.69) is 17.4 Å². The lowest BCUT2D eigenvalue weighted by Gasteiger charge is -2.29. The molecular formula is C25H25N3O3S. The standard InChI is InChI=1S/C25H25N3O3S/c29-23(26-19-8-4-5-9-19)14-28-21-13-18(10-11-22(21)31-15-25(28)30)20-16-32-24(27-20)12-17-6-2-1-3-7-17/h1-3,6-7,10-11,13,16,19H,4-5,8-9,12,14-15H2,(H,26,29). The van der Waals surface area contributed by atoms with Crippen molar-refractivity contribution in [2.75, 3.05) is 18.1 Å². The summed E-state index contributed by atoms with van der Waals surface area (Å²) in [5.74, 6) is 0.281. The molecule has 1 fully saturated rings. The number of hydrogen-bond donors (Lipinski definition) is 1. The Morgan fingerprint density at radius 1 is 1.16 bits per heavy atom. The number of amides is 2. The van der Waals surface area contributed by atoms with E-state index in [1.165, 1.54) is 10.5 Å². The van der Waals surface area contributed by atoms with E-state index >= 15 is 0 Å². The number of fused-ring (bicyclic) bond motifs is 1. The molecule has 5 rings (SSSR count). The van der Waals surface area contributed by atoms with Crippen LogP contribution in [-0.2, 0) is 16.0 Å². The fourth-order valence-electron chi connectivity index (χ4n) is 4.32. The summed E-state index contributed by atoms with van der Waals surface area (Å²) in [5.41, 5.74) is 3.60. The number of nitrogens with one attached hydrogen (secondary N) is 1. The van der Waals surface area contributed by atoms with E-state index in [0.717, 1.165) is 48.4 Å². The van der Waals surface area contributed by atoms with Gasteiger partial charge in [-0.2, -0.15) is 0 Å². The van der Waals surface area contributed by atoms with E-state index < -0.39 is 0 Å². The zero-order valence-electron chi connectivity index (χ0n) is 17.8. The topological polar surface area (TPSA) is 71.5 Å². The molecule has 0 bridgehead atoms. The Balaban J connectivity index is 1.35. The van der Waals surface area contributed by atoms with E-state index in [0.29, 0.717) is 11.4 Å². The van der Waals surface area contributed by atoms with Crippen molar-refractivity contribution >= 4 is 28.8 Å². The van der Waals surface area contributed by atoms with Gasteiger partial charge >= 0.3 is 0 Å². The van der Waals surface area contributed by atoms with Gasteiger partial charge in [0.1, 0.15) is 12.3 Å². The van der Waals surface area contributed by atoms with Crippen molar-refractivity contribution in [3.05, 3.63) is 64.5 Å². The van der Waals surface area contributed by atoms with E-state index in [1.54, 1.807) is 11.3 Å². The molecule has 0 saturated heterocycles. The highest BCUT2D eigenvalue weighted by molar-refractivity contribution is 7.10. The molecule has 6 nitrogen and oxygen atoms in total. The van der Waals surface area contributed by atoms with Crippen molar-refractivity contribution in [2.24, 2.45) is 0 Å². The first-order chi connectivity index (χ1) is 15.7. The number of anilines is 1. The van der Waals surface area contributed by atoms with E-state index in [4.69, 9.17) is 9.72 Å². The van der Waals surface area contributed by atoms with Crippen molar-refractivity contribution in [1.29, 1.82) is 0 Å². The number of ether oxygens (including phenoxy) is 1. The summed E-state index contributed by atoms with van der Waals surface area (Å²) in [4.78, 5) is 31.5. The average molecular weight is 448 g/mol. The number of aromatic nitrogens is 1. The Kier molecular flexibility index (Phi) is 5.90. The van der Waals surface area contributed by atoms with E-state index in [-0.39, 0.29) is 31.0 Å². The summed E-state index contributed by atoms with van der Waals surface area (Å²) in [7, 11) is 0. The van der Waals surface area contributed by atoms with Gasteiger partial charge in [-0.3, -0.25) is 14.5 Å². The predicted octanol–water partition coefficient (Wildman–Crippen LogP) is 4.19. The first-order valence-corrected chi connectivity index (χ1v) is 11.9. The number of nitrogens with zero attached hydrogens (tertiary/aromatic N) is 2. The first kappa shape index (κ1) is 20.7. The summed E-state index contributed by atoms with van der Waals surface area (Å²) in [6.45, 7) is -0.0492. The Morgan fingerprint density at radius 2 is 1.97 bits per heavy atom. The van der Waals surface area contributed by atoms with Gasteiger partial charge in [0.25, 0.3) is 5.91 Å². The SMILES string of the molecule is O=C(CN1C(=O)COc2ccc(-c3csc(Cc4ccccc4)n3)cc21)NC1CCCC1. The minimum absolute atomic E-state index is 0.00543. The van der Waals surface area contributed by atoms with Crippen LogP contribution < -0.4 is 15.0 Å². The second-order valence-electron chi connectivity index (χ2n) is 8.29. The molecule has 1 aromatic heterocycles. The van der Waals surface area contributed by atoms with Crippen LogP contribution in [0.1, 0.15) is 36.3 Å². The van der Waals surface area contributed by atoms with Gasteiger partial charge in [0.05, 0.1) is 16.4 Å². The summed E-state index contributed by atoms with van der Waals surface area (Å²) in [6, 6.07) is 16.2. The Hall–Kier alpha value is -3.19. The fraction of sp³-hybridized carbons (Fsp3) is 0.320. The highest BCUT2D eigenvalue weighted by Gasteiger charge is 2.29. The molecule has 1 aliphatic carbocycles. The zero-order valence-corrected chi connectivity index (χ0v) is 18.6. The van der Waals surface area contributed by atoms with Crippen LogP contribution in [0.15, 0.2) is 53.9 Å². The third-order valence-electron chi connectivity index (χ3n) is 5.97. The van der Waals surface area contributed by atoms with Crippen LogP contribution in [0, 0.1) is 0 Å². The van der Waals surface area contributed by atoms with E-state index in [9.17, 15) is 9.59 Å². The average Bonchev–Trinajstić information content (AvgIpc) is 3.48. The molecule has 2 aromatic carbocycles. The Bertz CT molecular complexity index is 1120. The van der Waals surface area contributed by atoms with Crippen LogP contribution in [0.2, 0.25) is 0 Å². The number of carbonyl (C=O) groups is 2. The van der Waals surface area contributed by atoms with Gasteiger partial charge in [0, 0.05) is 23.4 Å². The van der Waals surface area contributed by atoms with Gasteiger partial charge in [0.2, 0.25) is 5.91 Å². The molecule has 1 N–H and O–H groups in total. The highest BCUT2D eigenvalue weighted by Crippen LogP contribution is 2.36. The lowest BCUT2D eigenvalue weighted by Crippen LogP contribution is -2.46. The monoisotopic (exact) mass is 447 g/mol. The predicted molar refractivity (Wildman–Crippen MR) is 125 cm³/mol. The number of thiazole rings is 1. The van der Waals surface area contributed by atoms with Crippen LogP contribution in [0.25, 0.3) is 11.3 Å². The van der Waals surface area contributed by atoms with Crippen LogP contribution in [0.4, 0.5) is 5.69 Å². The van der Waals surface area contributed by atoms with Crippen molar-refractivity contribution in [1.82, 2.24) is 10.3 Å². The van der Waals surface area contributed by atoms with Crippen molar-refractivity contribution in [2.45, 2.75) is 38.1 Å². The maximum atomic E-state index is 12.6. The van der Waals surface area contributed by atoms with Gasteiger partial charge in [0.15, 0.2) is 6.61 Å². The van der Waals surface area contributed by atoms with Crippen molar-refractivity contribution < 1.29 is 14.3 Å². The zero-order chi connectivity index (χ0) is 21.9. The van der Waals surface area contributed by atoms with Gasteiger partial charge in [-0.05, 0) is 36.6 Å². The molecule has 2 amide bonds. The van der Waals surface area contributed by atoms with Crippen LogP contribution in [0.5, 0.6) is 5.75 Å². The molecule has 3 aromatic rings. The number of carbonyl (C=O) groups excluding carboxylic acids is 2. The number of rotatable bonds is 6. The molecule has 0 unspecified atom stereocenters. The Labute approximate surface area is 191 Å². The maximum Gasteiger partial charge on any atom is 0.265 e. The van der Waals surface area contributed by atoms with Crippen LogP contribution >= 0.6 is 11.3 Å². The van der Waals surface area contributed by atoms with Crippen molar-refractivity contribution in [3.63, 3.8) is 0 Å². The minimum Gasteiger partial charge on any atom is -0.482 e. The molecule has 164 valence electrons. The third kappa shape index (κ3) is 4.53. The molecule has 1 saturated carbocycles. The number of hydrogen-bond acceptors (Lipinski definition) is 5. The van der Waals surface area contributed by atoms with Gasteiger partial charge < -0.3 is 10.1 Å². The quantitative estimate of drug-likeness (QED) is 0.615. The molecule has 2 heterocycles. The normalized spacial score (nSPS) is 16.0. The van der Waals surface area contributed by atoms with Gasteiger partial charge in [-0.1, -0.05) is 43.2 Å². The maximum absolute atomic E-state index is 12.6. The van der Waals surface area contributed by atoms with Crippen LogP contribution in [0.3, 0.4) is 0 Å². The van der Waals surface area contributed by atoms with Crippen molar-refractivity contribution in [3.8, 4) is 17.0 Å². The van der Waals surface area contributed by atoms with Gasteiger partial charge in [-0.15, -0.1) is 11.3 Å². The Morgan fingerprint density at radius 3 is 2.78 bits per heavy atom. The largest absolute Gasteiger partial charge is 0.482 e. The highest BCUT2D eigenvalue weighted by atomic mass is 32.1. The molecular weight excluding hydrogens is 422 g/mol. The fourth-order valence-corrected chi connectivity index (χ4v) is 5.15. The lowest BCUT2D eigenvalue weighted by molar-refractivity contribution is -0.125.